The lowest BCUT2D eigenvalue weighted by atomic mass is 9.93. The summed E-state index contributed by atoms with van der Waals surface area (Å²) < 4.78 is 67.3. The van der Waals surface area contributed by atoms with Gasteiger partial charge in [-0.1, -0.05) is 18.9 Å². The molecular formula is C35H35ClF4N6O2. The Bertz CT molecular complexity index is 1950. The summed E-state index contributed by atoms with van der Waals surface area (Å²) in [6.45, 7) is 5.07. The van der Waals surface area contributed by atoms with Crippen LogP contribution in [-0.2, 0) is 5.38 Å². The number of ether oxygens (including phenoxy) is 1. The topological polar surface area (TPSA) is 77.9 Å². The standard InChI is InChI=1S/C35H35ClF4N6O2/c1-4-22-18-45(12-11-44(22)3)32-26-16-41-30(25-14-23(47)13-20-7-8-27(38)24(5-2)28(20)25)29(35(36,39)40)31(26)42-33(43-32)48-19-34-9-6-10-46(34)17-21(37)15-34/h2,7-8,13-14,16,21-22,47H,4,6,9-12,15,17-19H2,1,3H3/t21-,22?,34+/m1/s1. The first-order valence-corrected chi connectivity index (χ1v) is 16.5. The molecule has 0 saturated carbocycles. The molecule has 4 aromatic rings. The molecule has 1 N–H and O–H groups in total. The van der Waals surface area contributed by atoms with Crippen molar-refractivity contribution in [3.63, 3.8) is 0 Å². The van der Waals surface area contributed by atoms with Gasteiger partial charge in [0, 0.05) is 55.8 Å². The highest BCUT2D eigenvalue weighted by atomic mass is 35.5. The summed E-state index contributed by atoms with van der Waals surface area (Å²) in [6, 6.07) is 5.14. The second-order valence-electron chi connectivity index (χ2n) is 13.1. The number of fused-ring (bicyclic) bond motifs is 3. The number of likely N-dealkylation sites (N-methyl/N-ethyl adjacent to an activating group) is 1. The summed E-state index contributed by atoms with van der Waals surface area (Å²) in [5, 5.41) is 7.25. The molecule has 252 valence electrons. The van der Waals surface area contributed by atoms with E-state index in [9.17, 15) is 13.9 Å². The van der Waals surface area contributed by atoms with E-state index in [1.165, 1.54) is 24.4 Å². The highest BCUT2D eigenvalue weighted by Crippen LogP contribution is 2.47. The van der Waals surface area contributed by atoms with Gasteiger partial charge in [-0.15, -0.1) is 6.42 Å². The van der Waals surface area contributed by atoms with Gasteiger partial charge >= 0.3 is 11.4 Å². The Morgan fingerprint density at radius 3 is 2.75 bits per heavy atom. The molecular weight excluding hydrogens is 648 g/mol. The van der Waals surface area contributed by atoms with Gasteiger partial charge in [0.1, 0.15) is 30.2 Å². The molecule has 8 nitrogen and oxygen atoms in total. The van der Waals surface area contributed by atoms with E-state index in [0.717, 1.165) is 31.9 Å². The van der Waals surface area contributed by atoms with Crippen LogP contribution in [0.4, 0.5) is 23.4 Å². The summed E-state index contributed by atoms with van der Waals surface area (Å²) in [6.07, 6.45) is 8.89. The number of nitrogens with zero attached hydrogens (tertiary/aromatic N) is 6. The first kappa shape index (κ1) is 32.6. The van der Waals surface area contributed by atoms with Crippen molar-refractivity contribution < 1.29 is 27.4 Å². The molecule has 7 rings (SSSR count). The van der Waals surface area contributed by atoms with E-state index in [0.29, 0.717) is 43.8 Å². The van der Waals surface area contributed by atoms with Gasteiger partial charge in [0.25, 0.3) is 0 Å². The number of terminal acetylenes is 1. The van der Waals surface area contributed by atoms with Crippen LogP contribution in [0.2, 0.25) is 0 Å². The van der Waals surface area contributed by atoms with E-state index in [1.54, 1.807) is 0 Å². The lowest BCUT2D eigenvalue weighted by Crippen LogP contribution is -2.51. The molecule has 3 aliphatic heterocycles. The lowest BCUT2D eigenvalue weighted by molar-refractivity contribution is 0.0965. The zero-order valence-corrected chi connectivity index (χ0v) is 27.4. The molecule has 0 spiro atoms. The Balaban J connectivity index is 1.45. The van der Waals surface area contributed by atoms with Crippen LogP contribution in [0.5, 0.6) is 11.8 Å². The van der Waals surface area contributed by atoms with E-state index in [-0.39, 0.29) is 57.5 Å². The largest absolute Gasteiger partial charge is 0.508 e. The molecule has 0 amide bonds. The smallest absolute Gasteiger partial charge is 0.352 e. The quantitative estimate of drug-likeness (QED) is 0.136. The number of benzene rings is 2. The molecule has 48 heavy (non-hydrogen) atoms. The summed E-state index contributed by atoms with van der Waals surface area (Å²) in [5.74, 6) is 1.66. The molecule has 1 unspecified atom stereocenters. The van der Waals surface area contributed by atoms with Gasteiger partial charge in [-0.2, -0.15) is 18.7 Å². The molecule has 0 bridgehead atoms. The third kappa shape index (κ3) is 5.55. The van der Waals surface area contributed by atoms with E-state index in [1.807, 2.05) is 11.9 Å². The first-order chi connectivity index (χ1) is 22.9. The third-order valence-electron chi connectivity index (χ3n) is 10.2. The Morgan fingerprint density at radius 1 is 1.19 bits per heavy atom. The monoisotopic (exact) mass is 682 g/mol. The molecule has 3 fully saturated rings. The summed E-state index contributed by atoms with van der Waals surface area (Å²) in [4.78, 5) is 20.1. The Hall–Kier alpha value is -3.92. The molecule has 3 atom stereocenters. The van der Waals surface area contributed by atoms with Gasteiger partial charge in [-0.05, 0) is 68.0 Å². The van der Waals surface area contributed by atoms with E-state index in [2.05, 4.69) is 32.6 Å². The van der Waals surface area contributed by atoms with Gasteiger partial charge < -0.3 is 14.7 Å². The minimum absolute atomic E-state index is 0.0385. The minimum Gasteiger partial charge on any atom is -0.508 e. The van der Waals surface area contributed by atoms with Crippen molar-refractivity contribution >= 4 is 39.1 Å². The third-order valence-corrected chi connectivity index (χ3v) is 10.4. The number of hydrogen-bond acceptors (Lipinski definition) is 8. The molecule has 5 heterocycles. The van der Waals surface area contributed by atoms with Crippen molar-refractivity contribution in [2.45, 2.75) is 55.7 Å². The van der Waals surface area contributed by atoms with Crippen molar-refractivity contribution in [3.05, 3.63) is 47.4 Å². The van der Waals surface area contributed by atoms with Crippen LogP contribution in [0.3, 0.4) is 0 Å². The maximum Gasteiger partial charge on any atom is 0.352 e. The molecule has 13 heteroatoms. The SMILES string of the molecule is C#Cc1c(F)ccc2cc(O)cc(-c3ncc4c(N5CCN(C)C(CC)C5)nc(OC[C@@]56CCCN5C[C@H](F)C6)nc4c3C(F)(F)Cl)c12. The summed E-state index contributed by atoms with van der Waals surface area (Å²) >= 11 is 5.89. The van der Waals surface area contributed by atoms with Crippen LogP contribution in [0, 0.1) is 18.2 Å². The number of aromatic hydroxyl groups is 1. The maximum atomic E-state index is 15.8. The number of rotatable bonds is 7. The second kappa shape index (κ2) is 12.2. The summed E-state index contributed by atoms with van der Waals surface area (Å²) in [5.41, 5.74) is -2.05. The lowest BCUT2D eigenvalue weighted by Gasteiger charge is -2.40. The van der Waals surface area contributed by atoms with Crippen LogP contribution < -0.4 is 9.64 Å². The highest BCUT2D eigenvalue weighted by molar-refractivity contribution is 6.23. The van der Waals surface area contributed by atoms with E-state index >= 15 is 8.78 Å². The number of hydrogen-bond donors (Lipinski definition) is 1. The van der Waals surface area contributed by atoms with Crippen LogP contribution in [0.1, 0.15) is 43.7 Å². The number of phenolic OH excluding ortho intramolecular Hbond substituents is 1. The fourth-order valence-corrected chi connectivity index (χ4v) is 7.99. The minimum atomic E-state index is -4.03. The maximum absolute atomic E-state index is 15.8. The van der Waals surface area contributed by atoms with Crippen molar-refractivity contribution in [1.29, 1.82) is 0 Å². The number of anilines is 1. The highest BCUT2D eigenvalue weighted by Gasteiger charge is 2.49. The average Bonchev–Trinajstić information content (AvgIpc) is 3.58. The molecule has 0 aliphatic carbocycles. The van der Waals surface area contributed by atoms with Crippen LogP contribution in [0.15, 0.2) is 30.5 Å². The summed E-state index contributed by atoms with van der Waals surface area (Å²) in [7, 11) is 2.04. The normalized spacial score (nSPS) is 23.6. The predicted octanol–water partition coefficient (Wildman–Crippen LogP) is 6.44. The molecule has 2 aromatic carbocycles. The van der Waals surface area contributed by atoms with Crippen LogP contribution in [-0.4, -0.2) is 94.0 Å². The van der Waals surface area contributed by atoms with Gasteiger partial charge in [0.2, 0.25) is 0 Å². The Kier molecular flexibility index (Phi) is 8.29. The van der Waals surface area contributed by atoms with Gasteiger partial charge in [0.05, 0.1) is 33.3 Å². The van der Waals surface area contributed by atoms with Crippen molar-refractivity contribution in [3.8, 4) is 35.4 Å². The predicted molar refractivity (Wildman–Crippen MR) is 177 cm³/mol. The fraction of sp³-hybridized carbons (Fsp3) is 0.457. The number of pyridine rings is 1. The van der Waals surface area contributed by atoms with Crippen molar-refractivity contribution in [2.24, 2.45) is 0 Å². The molecule has 3 saturated heterocycles. The van der Waals surface area contributed by atoms with Gasteiger partial charge in [-0.25, -0.2) is 8.78 Å². The molecule has 3 aliphatic rings. The average molecular weight is 683 g/mol. The molecule has 2 aromatic heterocycles. The first-order valence-electron chi connectivity index (χ1n) is 16.1. The number of halogens is 5. The fourth-order valence-electron chi connectivity index (χ4n) is 7.81. The zero-order valence-electron chi connectivity index (χ0n) is 26.6. The number of alkyl halides is 4. The van der Waals surface area contributed by atoms with Crippen molar-refractivity contribution in [1.82, 2.24) is 24.8 Å². The van der Waals surface area contributed by atoms with E-state index in [4.69, 9.17) is 27.7 Å². The zero-order chi connectivity index (χ0) is 34.0. The Morgan fingerprint density at radius 2 is 2.00 bits per heavy atom. The van der Waals surface area contributed by atoms with Crippen molar-refractivity contribution in [2.75, 3.05) is 51.3 Å². The van der Waals surface area contributed by atoms with Gasteiger partial charge in [0.15, 0.2) is 0 Å². The van der Waals surface area contributed by atoms with Crippen LogP contribution >= 0.6 is 11.6 Å². The van der Waals surface area contributed by atoms with Gasteiger partial charge in [-0.3, -0.25) is 14.8 Å². The number of piperazine rings is 1. The van der Waals surface area contributed by atoms with E-state index < -0.39 is 28.5 Å². The molecule has 0 radical (unpaired) electrons. The second-order valence-corrected chi connectivity index (χ2v) is 13.6. The Labute approximate surface area is 280 Å². The van der Waals surface area contributed by atoms with Crippen LogP contribution in [0.25, 0.3) is 32.9 Å². The number of phenols is 1. The number of aromatic nitrogens is 3.